The van der Waals surface area contributed by atoms with Gasteiger partial charge in [0.15, 0.2) is 0 Å². The van der Waals surface area contributed by atoms with Gasteiger partial charge in [0, 0.05) is 13.6 Å². The molecule has 0 saturated carbocycles. The number of nitrogens with zero attached hydrogens (tertiary/aromatic N) is 2. The highest BCUT2D eigenvalue weighted by molar-refractivity contribution is 5.81. The van der Waals surface area contributed by atoms with Gasteiger partial charge in [-0.2, -0.15) is 5.26 Å². The van der Waals surface area contributed by atoms with Crippen molar-refractivity contribution in [3.05, 3.63) is 0 Å². The molecule has 0 aliphatic heterocycles. The van der Waals surface area contributed by atoms with Crippen molar-refractivity contribution < 1.29 is 4.79 Å². The van der Waals surface area contributed by atoms with Gasteiger partial charge in [0.05, 0.1) is 18.5 Å². The number of hydrogen-bond donors (Lipinski definition) is 1. The molecule has 0 spiro atoms. The molecule has 0 aromatic rings. The minimum atomic E-state index is -0.441. The summed E-state index contributed by atoms with van der Waals surface area (Å²) in [4.78, 5) is 13.2. The SMILES string of the molecule is CCC(C)C(N)C(=O)N(C)CCC#N. The van der Waals surface area contributed by atoms with Crippen LogP contribution in [0.1, 0.15) is 26.7 Å². The smallest absolute Gasteiger partial charge is 0.239 e. The summed E-state index contributed by atoms with van der Waals surface area (Å²) in [5.74, 6) is 0.113. The molecule has 2 N–H and O–H groups in total. The van der Waals surface area contributed by atoms with Crippen LogP contribution in [-0.4, -0.2) is 30.4 Å². The van der Waals surface area contributed by atoms with Gasteiger partial charge >= 0.3 is 0 Å². The number of carbonyl (C=O) groups excluding carboxylic acids is 1. The normalized spacial score (nSPS) is 14.2. The second-order valence-electron chi connectivity index (χ2n) is 3.58. The molecule has 4 nitrogen and oxygen atoms in total. The van der Waals surface area contributed by atoms with Crippen molar-refractivity contribution in [1.82, 2.24) is 4.90 Å². The average Bonchev–Trinajstić information content (AvgIpc) is 2.22. The molecule has 0 fully saturated rings. The average molecular weight is 197 g/mol. The lowest BCUT2D eigenvalue weighted by Gasteiger charge is -2.23. The van der Waals surface area contributed by atoms with Gasteiger partial charge in [0.1, 0.15) is 0 Å². The standard InChI is InChI=1S/C10H19N3O/c1-4-8(2)9(12)10(14)13(3)7-5-6-11/h8-9H,4-5,7,12H2,1-3H3. The number of carbonyl (C=O) groups is 1. The number of nitrogens with two attached hydrogens (primary N) is 1. The number of hydrogen-bond acceptors (Lipinski definition) is 3. The van der Waals surface area contributed by atoms with Crippen LogP contribution in [0.2, 0.25) is 0 Å². The lowest BCUT2D eigenvalue weighted by Crippen LogP contribution is -2.45. The van der Waals surface area contributed by atoms with Crippen molar-refractivity contribution in [1.29, 1.82) is 5.26 Å². The summed E-state index contributed by atoms with van der Waals surface area (Å²) in [5, 5.41) is 8.37. The molecule has 2 atom stereocenters. The molecule has 14 heavy (non-hydrogen) atoms. The second-order valence-corrected chi connectivity index (χ2v) is 3.58. The molecule has 0 aromatic heterocycles. The Balaban J connectivity index is 4.11. The maximum absolute atomic E-state index is 11.6. The summed E-state index contributed by atoms with van der Waals surface area (Å²) in [5.41, 5.74) is 5.77. The van der Waals surface area contributed by atoms with E-state index in [0.29, 0.717) is 13.0 Å². The van der Waals surface area contributed by atoms with E-state index in [2.05, 4.69) is 0 Å². The topological polar surface area (TPSA) is 70.1 Å². The molecule has 80 valence electrons. The van der Waals surface area contributed by atoms with Crippen LogP contribution in [0.3, 0.4) is 0 Å². The number of nitriles is 1. The molecule has 0 aromatic carbocycles. The molecule has 0 radical (unpaired) electrons. The summed E-state index contributed by atoms with van der Waals surface area (Å²) in [6.07, 6.45) is 1.24. The van der Waals surface area contributed by atoms with Gasteiger partial charge < -0.3 is 10.6 Å². The van der Waals surface area contributed by atoms with E-state index in [4.69, 9.17) is 11.0 Å². The lowest BCUT2D eigenvalue weighted by atomic mass is 9.99. The first-order valence-electron chi connectivity index (χ1n) is 4.92. The van der Waals surface area contributed by atoms with Crippen LogP contribution in [-0.2, 0) is 4.79 Å². The first-order valence-corrected chi connectivity index (χ1v) is 4.92. The molecule has 0 aliphatic carbocycles. The van der Waals surface area contributed by atoms with E-state index in [9.17, 15) is 4.79 Å². The summed E-state index contributed by atoms with van der Waals surface area (Å²) in [6, 6.07) is 1.56. The molecule has 1 amide bonds. The molecular formula is C10H19N3O. The molecule has 0 aliphatic rings. The Labute approximate surface area is 85.7 Å². The van der Waals surface area contributed by atoms with Crippen molar-refractivity contribution in [2.45, 2.75) is 32.7 Å². The van der Waals surface area contributed by atoms with Crippen LogP contribution in [0.15, 0.2) is 0 Å². The van der Waals surface area contributed by atoms with Crippen molar-refractivity contribution in [2.75, 3.05) is 13.6 Å². The van der Waals surface area contributed by atoms with E-state index < -0.39 is 6.04 Å². The van der Waals surface area contributed by atoms with Crippen molar-refractivity contribution in [2.24, 2.45) is 11.7 Å². The zero-order valence-electron chi connectivity index (χ0n) is 9.16. The number of rotatable bonds is 5. The van der Waals surface area contributed by atoms with Crippen molar-refractivity contribution in [3.63, 3.8) is 0 Å². The maximum Gasteiger partial charge on any atom is 0.239 e. The Hall–Kier alpha value is -1.08. The minimum absolute atomic E-state index is 0.0744. The fraction of sp³-hybridized carbons (Fsp3) is 0.800. The van der Waals surface area contributed by atoms with Gasteiger partial charge in [-0.1, -0.05) is 20.3 Å². The lowest BCUT2D eigenvalue weighted by molar-refractivity contribution is -0.132. The van der Waals surface area contributed by atoms with E-state index in [1.54, 1.807) is 7.05 Å². The Kier molecular flexibility index (Phi) is 5.89. The van der Waals surface area contributed by atoms with Gasteiger partial charge in [-0.05, 0) is 5.92 Å². The van der Waals surface area contributed by atoms with E-state index >= 15 is 0 Å². The van der Waals surface area contributed by atoms with Gasteiger partial charge in [-0.3, -0.25) is 4.79 Å². The minimum Gasteiger partial charge on any atom is -0.343 e. The van der Waals surface area contributed by atoms with Gasteiger partial charge in [0.25, 0.3) is 0 Å². The molecule has 0 heterocycles. The monoisotopic (exact) mass is 197 g/mol. The number of amides is 1. The Morgan fingerprint density at radius 1 is 1.64 bits per heavy atom. The predicted molar refractivity (Wildman–Crippen MR) is 55.3 cm³/mol. The molecule has 4 heteroatoms. The molecule has 2 unspecified atom stereocenters. The molecule has 0 saturated heterocycles. The molecule has 0 rings (SSSR count). The van der Waals surface area contributed by atoms with Gasteiger partial charge in [0.2, 0.25) is 5.91 Å². The third kappa shape index (κ3) is 3.75. The van der Waals surface area contributed by atoms with Crippen LogP contribution in [0.5, 0.6) is 0 Å². The highest BCUT2D eigenvalue weighted by Gasteiger charge is 2.22. The van der Waals surface area contributed by atoms with Crippen LogP contribution in [0, 0.1) is 17.2 Å². The van der Waals surface area contributed by atoms with Crippen molar-refractivity contribution in [3.8, 4) is 6.07 Å². The summed E-state index contributed by atoms with van der Waals surface area (Å²) < 4.78 is 0. The second kappa shape index (κ2) is 6.39. The van der Waals surface area contributed by atoms with Crippen LogP contribution >= 0.6 is 0 Å². The largest absolute Gasteiger partial charge is 0.343 e. The third-order valence-corrected chi connectivity index (χ3v) is 2.48. The fourth-order valence-corrected chi connectivity index (χ4v) is 1.08. The van der Waals surface area contributed by atoms with Gasteiger partial charge in [-0.15, -0.1) is 0 Å². The summed E-state index contributed by atoms with van der Waals surface area (Å²) in [6.45, 7) is 4.42. The summed E-state index contributed by atoms with van der Waals surface area (Å²) >= 11 is 0. The third-order valence-electron chi connectivity index (χ3n) is 2.48. The number of likely N-dealkylation sites (N-methyl/N-ethyl adjacent to an activating group) is 1. The first kappa shape index (κ1) is 12.9. The van der Waals surface area contributed by atoms with Gasteiger partial charge in [-0.25, -0.2) is 0 Å². The highest BCUT2D eigenvalue weighted by Crippen LogP contribution is 2.07. The van der Waals surface area contributed by atoms with Crippen LogP contribution in [0.4, 0.5) is 0 Å². The molecular weight excluding hydrogens is 178 g/mol. The quantitative estimate of drug-likeness (QED) is 0.706. The first-order chi connectivity index (χ1) is 6.54. The zero-order valence-corrected chi connectivity index (χ0v) is 9.16. The fourth-order valence-electron chi connectivity index (χ4n) is 1.08. The maximum atomic E-state index is 11.6. The van der Waals surface area contributed by atoms with E-state index in [1.807, 2.05) is 19.9 Å². The Bertz CT molecular complexity index is 222. The Morgan fingerprint density at radius 2 is 2.21 bits per heavy atom. The van der Waals surface area contributed by atoms with E-state index in [-0.39, 0.29) is 11.8 Å². The summed E-state index contributed by atoms with van der Waals surface area (Å²) in [7, 11) is 1.68. The highest BCUT2D eigenvalue weighted by atomic mass is 16.2. The van der Waals surface area contributed by atoms with Crippen LogP contribution in [0.25, 0.3) is 0 Å². The van der Waals surface area contributed by atoms with E-state index in [0.717, 1.165) is 6.42 Å². The molecule has 0 bridgehead atoms. The zero-order chi connectivity index (χ0) is 11.1. The van der Waals surface area contributed by atoms with E-state index in [1.165, 1.54) is 4.90 Å². The van der Waals surface area contributed by atoms with Crippen LogP contribution < -0.4 is 5.73 Å². The van der Waals surface area contributed by atoms with Crippen molar-refractivity contribution >= 4 is 5.91 Å². The Morgan fingerprint density at radius 3 is 2.64 bits per heavy atom. The predicted octanol–water partition coefficient (Wildman–Crippen LogP) is 0.732.